The zero-order valence-electron chi connectivity index (χ0n) is 60.0. The van der Waals surface area contributed by atoms with Gasteiger partial charge in [0, 0.05) is 25.7 Å². The Morgan fingerprint density at radius 2 is 0.500 bits per heavy atom. The quantitative estimate of drug-likeness (QED) is 0.0222. The Morgan fingerprint density at radius 3 is 0.739 bits per heavy atom. The topological polar surface area (TPSA) is 237 Å². The van der Waals surface area contributed by atoms with Crippen LogP contribution < -0.4 is 0 Å². The van der Waals surface area contributed by atoms with Gasteiger partial charge >= 0.3 is 39.5 Å². The summed E-state index contributed by atoms with van der Waals surface area (Å²) in [6.45, 7) is 11.7. The third-order valence-corrected chi connectivity index (χ3v) is 18.8. The number of carbonyl (C=O) groups is 4. The fraction of sp³-hybridized carbons (Fsp3) is 0.945. The summed E-state index contributed by atoms with van der Waals surface area (Å²) < 4.78 is 68.2. The van der Waals surface area contributed by atoms with E-state index >= 15 is 0 Å². The fourth-order valence-electron chi connectivity index (χ4n) is 11.1. The molecule has 0 radical (unpaired) electrons. The largest absolute Gasteiger partial charge is 0.472 e. The van der Waals surface area contributed by atoms with Gasteiger partial charge in [-0.3, -0.25) is 37.3 Å². The summed E-state index contributed by atoms with van der Waals surface area (Å²) in [6.07, 6.45) is 49.2. The van der Waals surface area contributed by atoms with Crippen LogP contribution >= 0.6 is 15.6 Å². The van der Waals surface area contributed by atoms with E-state index in [4.69, 9.17) is 37.0 Å². The van der Waals surface area contributed by atoms with E-state index in [0.29, 0.717) is 37.5 Å². The number of aliphatic hydroxyl groups is 1. The number of rotatable bonds is 71. The van der Waals surface area contributed by atoms with Crippen molar-refractivity contribution < 1.29 is 80.2 Å². The number of phosphoric acid groups is 2. The van der Waals surface area contributed by atoms with Crippen molar-refractivity contribution in [3.63, 3.8) is 0 Å². The van der Waals surface area contributed by atoms with Crippen molar-refractivity contribution in [1.29, 1.82) is 0 Å². The van der Waals surface area contributed by atoms with Crippen LogP contribution in [0.1, 0.15) is 370 Å². The zero-order valence-corrected chi connectivity index (χ0v) is 61.8. The van der Waals surface area contributed by atoms with Crippen LogP contribution in [0.5, 0.6) is 0 Å². The molecule has 3 N–H and O–H groups in total. The molecule has 0 aromatic heterocycles. The SMILES string of the molecule is CCCCCCCCCCCCCCCCCCCCCCCCC(=O)O[C@H](COC(=O)CCCCCCCCCCCC(C)C)COP(=O)(O)OC[C@@H](O)COP(=O)(O)OC[C@@H](COC(=O)CCCCCCCCC(C)C)OC(=O)CCCCCCCCC(C)C. The Balaban J connectivity index is 5.14. The average molecular weight is 1350 g/mol. The summed E-state index contributed by atoms with van der Waals surface area (Å²) in [5.74, 6) is -0.0395. The summed E-state index contributed by atoms with van der Waals surface area (Å²) in [5.41, 5.74) is 0. The predicted molar refractivity (Wildman–Crippen MR) is 372 cm³/mol. The van der Waals surface area contributed by atoms with Gasteiger partial charge in [0.1, 0.15) is 19.3 Å². The summed E-state index contributed by atoms with van der Waals surface area (Å²) in [5, 5.41) is 10.6. The number of unbranched alkanes of at least 4 members (excludes halogenated alkanes) is 39. The lowest BCUT2D eigenvalue weighted by atomic mass is 10.0. The van der Waals surface area contributed by atoms with Gasteiger partial charge in [-0.2, -0.15) is 0 Å². The first-order valence-electron chi connectivity index (χ1n) is 37.8. The van der Waals surface area contributed by atoms with E-state index in [1.54, 1.807) is 0 Å². The zero-order chi connectivity index (χ0) is 68.0. The molecule has 0 aromatic carbocycles. The maximum atomic E-state index is 13.0. The van der Waals surface area contributed by atoms with Gasteiger partial charge in [-0.1, -0.05) is 318 Å². The van der Waals surface area contributed by atoms with Gasteiger partial charge in [0.15, 0.2) is 12.2 Å². The molecule has 0 aromatic rings. The normalized spacial score (nSPS) is 14.1. The monoisotopic (exact) mass is 1350 g/mol. The number of ether oxygens (including phenoxy) is 4. The van der Waals surface area contributed by atoms with Crippen molar-refractivity contribution in [1.82, 2.24) is 0 Å². The Labute approximate surface area is 562 Å². The van der Waals surface area contributed by atoms with Gasteiger partial charge in [-0.25, -0.2) is 9.13 Å². The molecule has 0 aliphatic rings. The van der Waals surface area contributed by atoms with E-state index in [0.717, 1.165) is 102 Å². The van der Waals surface area contributed by atoms with Gasteiger partial charge in [0.05, 0.1) is 26.4 Å². The molecule has 0 spiro atoms. The van der Waals surface area contributed by atoms with Crippen molar-refractivity contribution in [2.45, 2.75) is 388 Å². The fourth-order valence-corrected chi connectivity index (χ4v) is 12.7. The highest BCUT2D eigenvalue weighted by Gasteiger charge is 2.30. The van der Waals surface area contributed by atoms with Crippen molar-refractivity contribution in [2.24, 2.45) is 17.8 Å². The molecule has 17 nitrogen and oxygen atoms in total. The van der Waals surface area contributed by atoms with Crippen molar-refractivity contribution >= 4 is 39.5 Å². The lowest BCUT2D eigenvalue weighted by molar-refractivity contribution is -0.161. The van der Waals surface area contributed by atoms with E-state index in [1.165, 1.54) is 173 Å². The van der Waals surface area contributed by atoms with E-state index in [-0.39, 0.29) is 25.7 Å². The molecule has 0 fully saturated rings. The average Bonchev–Trinajstić information content (AvgIpc) is 2.15. The van der Waals surface area contributed by atoms with Crippen LogP contribution in [-0.2, 0) is 65.4 Å². The molecule has 0 aliphatic heterocycles. The first-order valence-corrected chi connectivity index (χ1v) is 40.8. The van der Waals surface area contributed by atoms with Gasteiger partial charge in [0.25, 0.3) is 0 Å². The standard InChI is InChI=1S/C73H142O17P2/c1-8-9-10-11-12-13-14-15-16-17-18-19-20-21-22-23-24-25-28-32-42-49-56-72(77)89-68(60-83-70(75)54-47-40-31-29-26-27-30-37-44-51-64(2)3)62-87-91(79,80)85-58-67(74)59-86-92(81,82)88-63-69(90-73(78)57-50-43-36-34-39-46-53-66(6)7)61-84-71(76)55-48-41-35-33-38-45-52-65(4)5/h64-69,74H,8-63H2,1-7H3,(H,79,80)(H,81,82)/t67-,68-,69-/m1/s1. The van der Waals surface area contributed by atoms with Crippen molar-refractivity contribution in [2.75, 3.05) is 39.6 Å². The maximum Gasteiger partial charge on any atom is 0.472 e. The molecule has 2 unspecified atom stereocenters. The first-order chi connectivity index (χ1) is 44.2. The minimum absolute atomic E-state index is 0.101. The number of aliphatic hydroxyl groups excluding tert-OH is 1. The number of hydrogen-bond donors (Lipinski definition) is 3. The molecule has 546 valence electrons. The van der Waals surface area contributed by atoms with Gasteiger partial charge in [-0.15, -0.1) is 0 Å². The van der Waals surface area contributed by atoms with Crippen LogP contribution in [0.2, 0.25) is 0 Å². The van der Waals surface area contributed by atoms with Crippen molar-refractivity contribution in [3.8, 4) is 0 Å². The van der Waals surface area contributed by atoms with Crippen LogP contribution in [-0.4, -0.2) is 96.7 Å². The highest BCUT2D eigenvalue weighted by Crippen LogP contribution is 2.45. The Hall–Kier alpha value is -1.94. The van der Waals surface area contributed by atoms with Crippen LogP contribution in [0, 0.1) is 17.8 Å². The lowest BCUT2D eigenvalue weighted by Crippen LogP contribution is -2.30. The first kappa shape index (κ1) is 90.1. The summed E-state index contributed by atoms with van der Waals surface area (Å²) in [7, 11) is -9.90. The van der Waals surface area contributed by atoms with E-state index in [1.807, 2.05) is 0 Å². The maximum absolute atomic E-state index is 13.0. The minimum atomic E-state index is -4.95. The molecule has 0 heterocycles. The van der Waals surface area contributed by atoms with Gasteiger partial charge in [0.2, 0.25) is 0 Å². The second-order valence-corrected chi connectivity index (χ2v) is 30.7. The second-order valence-electron chi connectivity index (χ2n) is 27.8. The Bertz CT molecular complexity index is 1800. The molecule has 0 rings (SSSR count). The second kappa shape index (κ2) is 63.8. The molecule has 5 atom stereocenters. The number of carbonyl (C=O) groups excluding carboxylic acids is 4. The van der Waals surface area contributed by atoms with Crippen molar-refractivity contribution in [3.05, 3.63) is 0 Å². The molecule has 19 heteroatoms. The molecular formula is C73H142O17P2. The molecule has 0 amide bonds. The Morgan fingerprint density at radius 1 is 0.293 bits per heavy atom. The number of hydrogen-bond acceptors (Lipinski definition) is 15. The van der Waals surface area contributed by atoms with E-state index in [9.17, 15) is 43.2 Å². The third kappa shape index (κ3) is 66.7. The molecule has 0 bridgehead atoms. The number of phosphoric ester groups is 2. The number of esters is 4. The molecular weight excluding hydrogens is 1210 g/mol. The summed E-state index contributed by atoms with van der Waals surface area (Å²) in [6, 6.07) is 0. The highest BCUT2D eigenvalue weighted by atomic mass is 31.2. The van der Waals surface area contributed by atoms with E-state index in [2.05, 4.69) is 48.5 Å². The van der Waals surface area contributed by atoms with Gasteiger partial charge < -0.3 is 33.8 Å². The van der Waals surface area contributed by atoms with Crippen LogP contribution in [0.15, 0.2) is 0 Å². The predicted octanol–water partition coefficient (Wildman–Crippen LogP) is 21.0. The minimum Gasteiger partial charge on any atom is -0.462 e. The molecule has 0 saturated heterocycles. The van der Waals surface area contributed by atoms with Crippen LogP contribution in [0.3, 0.4) is 0 Å². The smallest absolute Gasteiger partial charge is 0.462 e. The lowest BCUT2D eigenvalue weighted by Gasteiger charge is -2.21. The van der Waals surface area contributed by atoms with Crippen LogP contribution in [0.25, 0.3) is 0 Å². The molecule has 0 saturated carbocycles. The summed E-state index contributed by atoms with van der Waals surface area (Å²) >= 11 is 0. The van der Waals surface area contributed by atoms with Crippen LogP contribution in [0.4, 0.5) is 0 Å². The van der Waals surface area contributed by atoms with Gasteiger partial charge in [-0.05, 0) is 43.4 Å². The highest BCUT2D eigenvalue weighted by molar-refractivity contribution is 7.47. The summed E-state index contributed by atoms with van der Waals surface area (Å²) in [4.78, 5) is 72.5. The Kier molecular flexibility index (Phi) is 62.4. The molecule has 0 aliphatic carbocycles. The molecule has 92 heavy (non-hydrogen) atoms. The van der Waals surface area contributed by atoms with E-state index < -0.39 is 97.5 Å². The third-order valence-electron chi connectivity index (χ3n) is 16.9.